The molecule has 1 aliphatic heterocycles. The van der Waals surface area contributed by atoms with Crippen molar-refractivity contribution in [1.82, 2.24) is 5.32 Å². The Morgan fingerprint density at radius 2 is 2.22 bits per heavy atom. The van der Waals surface area contributed by atoms with Crippen molar-refractivity contribution in [3.05, 3.63) is 21.9 Å². The molecule has 6 heteroatoms. The van der Waals surface area contributed by atoms with E-state index in [0.29, 0.717) is 18.0 Å². The lowest BCUT2D eigenvalue weighted by molar-refractivity contribution is 0.0702. The van der Waals surface area contributed by atoms with Crippen molar-refractivity contribution < 1.29 is 19.4 Å². The van der Waals surface area contributed by atoms with Crippen LogP contribution >= 0.6 is 11.3 Å². The molecule has 18 heavy (non-hydrogen) atoms. The maximum absolute atomic E-state index is 11.8. The van der Waals surface area contributed by atoms with E-state index in [-0.39, 0.29) is 16.2 Å². The predicted molar refractivity (Wildman–Crippen MR) is 67.2 cm³/mol. The maximum Gasteiger partial charge on any atom is 0.345 e. The molecule has 0 bridgehead atoms. The molecular weight excluding hydrogens is 254 g/mol. The fourth-order valence-corrected chi connectivity index (χ4v) is 2.57. The van der Waals surface area contributed by atoms with E-state index in [0.717, 1.165) is 24.4 Å². The molecule has 1 unspecified atom stereocenters. The van der Waals surface area contributed by atoms with E-state index in [1.54, 1.807) is 0 Å². The molecule has 2 heterocycles. The smallest absolute Gasteiger partial charge is 0.345 e. The van der Waals surface area contributed by atoms with Gasteiger partial charge in [0.15, 0.2) is 0 Å². The molecule has 1 atom stereocenters. The van der Waals surface area contributed by atoms with E-state index in [2.05, 4.69) is 12.2 Å². The minimum Gasteiger partial charge on any atom is -0.477 e. The second-order valence-electron chi connectivity index (χ2n) is 4.76. The Morgan fingerprint density at radius 1 is 1.50 bits per heavy atom. The molecule has 1 aliphatic rings. The summed E-state index contributed by atoms with van der Waals surface area (Å²) in [6, 6.07) is 2.99. The molecule has 1 aromatic rings. The molecule has 0 aromatic carbocycles. The van der Waals surface area contributed by atoms with Gasteiger partial charge in [0.2, 0.25) is 0 Å². The molecule has 0 aliphatic carbocycles. The largest absolute Gasteiger partial charge is 0.477 e. The van der Waals surface area contributed by atoms with Crippen molar-refractivity contribution in [1.29, 1.82) is 0 Å². The number of rotatable bonds is 4. The third-order valence-corrected chi connectivity index (χ3v) is 4.09. The van der Waals surface area contributed by atoms with Crippen LogP contribution in [0, 0.1) is 5.41 Å². The Hall–Kier alpha value is -1.40. The van der Waals surface area contributed by atoms with Gasteiger partial charge in [-0.25, -0.2) is 4.79 Å². The van der Waals surface area contributed by atoms with Crippen LogP contribution in [-0.4, -0.2) is 36.7 Å². The number of hydrogen-bond donors (Lipinski definition) is 2. The van der Waals surface area contributed by atoms with Crippen LogP contribution in [0.4, 0.5) is 0 Å². The van der Waals surface area contributed by atoms with Crippen LogP contribution < -0.4 is 5.32 Å². The molecule has 98 valence electrons. The zero-order valence-corrected chi connectivity index (χ0v) is 10.9. The number of thiophene rings is 1. The monoisotopic (exact) mass is 269 g/mol. The summed E-state index contributed by atoms with van der Waals surface area (Å²) >= 11 is 0.988. The maximum atomic E-state index is 11.8. The zero-order chi connectivity index (χ0) is 13.2. The lowest BCUT2D eigenvalue weighted by Gasteiger charge is -2.21. The third kappa shape index (κ3) is 2.88. The highest BCUT2D eigenvalue weighted by Crippen LogP contribution is 2.26. The van der Waals surface area contributed by atoms with E-state index in [9.17, 15) is 9.59 Å². The molecule has 1 amide bonds. The fraction of sp³-hybridized carbons (Fsp3) is 0.500. The van der Waals surface area contributed by atoms with Gasteiger partial charge in [-0.2, -0.15) is 0 Å². The van der Waals surface area contributed by atoms with E-state index in [1.807, 2.05) is 0 Å². The van der Waals surface area contributed by atoms with Crippen molar-refractivity contribution in [2.45, 2.75) is 13.3 Å². The zero-order valence-electron chi connectivity index (χ0n) is 10.1. The fourth-order valence-electron chi connectivity index (χ4n) is 1.80. The average molecular weight is 269 g/mol. The average Bonchev–Trinajstić information content (AvgIpc) is 2.95. The second kappa shape index (κ2) is 5.07. The van der Waals surface area contributed by atoms with Crippen molar-refractivity contribution in [2.24, 2.45) is 5.41 Å². The van der Waals surface area contributed by atoms with Gasteiger partial charge >= 0.3 is 5.97 Å². The summed E-state index contributed by atoms with van der Waals surface area (Å²) in [7, 11) is 0. The molecule has 1 fully saturated rings. The Morgan fingerprint density at radius 3 is 2.78 bits per heavy atom. The third-order valence-electron chi connectivity index (χ3n) is 3.02. The number of carboxylic acids is 1. The van der Waals surface area contributed by atoms with Gasteiger partial charge in [-0.3, -0.25) is 4.79 Å². The summed E-state index contributed by atoms with van der Waals surface area (Å²) in [6.07, 6.45) is 0.929. The topological polar surface area (TPSA) is 75.6 Å². The number of hydrogen-bond acceptors (Lipinski definition) is 4. The van der Waals surface area contributed by atoms with Gasteiger partial charge in [-0.1, -0.05) is 6.92 Å². The molecule has 0 saturated carbocycles. The Kier molecular flexibility index (Phi) is 3.68. The molecule has 1 aromatic heterocycles. The highest BCUT2D eigenvalue weighted by Gasteiger charge is 2.30. The first kappa shape index (κ1) is 13.0. The number of ether oxygens (including phenoxy) is 1. The van der Waals surface area contributed by atoms with Crippen LogP contribution in [0.1, 0.15) is 32.7 Å². The predicted octanol–water partition coefficient (Wildman–Crippen LogP) is 1.60. The lowest BCUT2D eigenvalue weighted by Crippen LogP contribution is -2.35. The van der Waals surface area contributed by atoms with Crippen LogP contribution in [0.2, 0.25) is 0 Å². The normalized spacial score (nSPS) is 22.9. The standard InChI is InChI=1S/C12H15NO4S/c1-12(4-5-17-7-12)6-13-10(14)8-2-3-9(18-8)11(15)16/h2-3H,4-7H2,1H3,(H,13,14)(H,15,16). The second-order valence-corrected chi connectivity index (χ2v) is 5.85. The minimum atomic E-state index is -1.00. The van der Waals surface area contributed by atoms with Crippen LogP contribution in [0.15, 0.2) is 12.1 Å². The van der Waals surface area contributed by atoms with Gasteiger partial charge in [0.05, 0.1) is 11.5 Å². The summed E-state index contributed by atoms with van der Waals surface area (Å²) in [5, 5.41) is 11.6. The van der Waals surface area contributed by atoms with Crippen LogP contribution in [-0.2, 0) is 4.74 Å². The summed E-state index contributed by atoms with van der Waals surface area (Å²) in [4.78, 5) is 23.2. The van der Waals surface area contributed by atoms with Crippen molar-refractivity contribution in [2.75, 3.05) is 19.8 Å². The Bertz CT molecular complexity index is 462. The number of carboxylic acid groups (broad SMARTS) is 1. The first-order chi connectivity index (χ1) is 8.50. The number of aromatic carboxylic acids is 1. The van der Waals surface area contributed by atoms with Crippen LogP contribution in [0.3, 0.4) is 0 Å². The van der Waals surface area contributed by atoms with Gasteiger partial charge in [0, 0.05) is 18.6 Å². The Balaban J connectivity index is 1.93. The van der Waals surface area contributed by atoms with Crippen LogP contribution in [0.5, 0.6) is 0 Å². The van der Waals surface area contributed by atoms with Gasteiger partial charge < -0.3 is 15.2 Å². The highest BCUT2D eigenvalue weighted by atomic mass is 32.1. The Labute approximate surface area is 109 Å². The number of nitrogens with one attached hydrogen (secondary N) is 1. The molecule has 0 radical (unpaired) electrons. The van der Waals surface area contributed by atoms with E-state index in [4.69, 9.17) is 9.84 Å². The van der Waals surface area contributed by atoms with Crippen molar-refractivity contribution in [3.63, 3.8) is 0 Å². The number of carbonyl (C=O) groups excluding carboxylic acids is 1. The number of amides is 1. The van der Waals surface area contributed by atoms with E-state index >= 15 is 0 Å². The molecule has 2 rings (SSSR count). The number of carbonyl (C=O) groups is 2. The van der Waals surface area contributed by atoms with Gasteiger partial charge in [-0.15, -0.1) is 11.3 Å². The minimum absolute atomic E-state index is 0.0114. The van der Waals surface area contributed by atoms with E-state index < -0.39 is 5.97 Å². The first-order valence-electron chi connectivity index (χ1n) is 5.69. The summed E-state index contributed by atoms with van der Waals surface area (Å²) < 4.78 is 5.31. The van der Waals surface area contributed by atoms with Gasteiger partial charge in [0.25, 0.3) is 5.91 Å². The van der Waals surface area contributed by atoms with Gasteiger partial charge in [0.1, 0.15) is 4.88 Å². The van der Waals surface area contributed by atoms with Crippen LogP contribution in [0.25, 0.3) is 0 Å². The lowest BCUT2D eigenvalue weighted by atomic mass is 9.90. The van der Waals surface area contributed by atoms with Crippen molar-refractivity contribution >= 4 is 23.2 Å². The molecular formula is C12H15NO4S. The summed E-state index contributed by atoms with van der Waals surface area (Å²) in [6.45, 7) is 4.00. The SMILES string of the molecule is CC1(CNC(=O)c2ccc(C(=O)O)s2)CCOC1. The van der Waals surface area contributed by atoms with Gasteiger partial charge in [-0.05, 0) is 18.6 Å². The molecule has 1 saturated heterocycles. The molecule has 0 spiro atoms. The molecule has 5 nitrogen and oxygen atoms in total. The quantitative estimate of drug-likeness (QED) is 0.870. The first-order valence-corrected chi connectivity index (χ1v) is 6.51. The summed E-state index contributed by atoms with van der Waals surface area (Å²) in [5.41, 5.74) is -0.0114. The molecule has 2 N–H and O–H groups in total. The summed E-state index contributed by atoms with van der Waals surface area (Å²) in [5.74, 6) is -1.23. The highest BCUT2D eigenvalue weighted by molar-refractivity contribution is 7.15. The van der Waals surface area contributed by atoms with Crippen molar-refractivity contribution in [3.8, 4) is 0 Å². The van der Waals surface area contributed by atoms with E-state index in [1.165, 1.54) is 12.1 Å².